The Morgan fingerprint density at radius 3 is 1.98 bits per heavy atom. The molecule has 13 heteroatoms. The average molecular weight is 723 g/mol. The monoisotopic (exact) mass is 722 g/mol. The Bertz CT molecular complexity index is 1310. The molecule has 2 spiro atoms. The number of ether oxygens (including phenoxy) is 9. The second-order valence-electron chi connectivity index (χ2n) is 15.0. The predicted octanol–water partition coefficient (Wildman–Crippen LogP) is 6.52. The first-order valence-electron chi connectivity index (χ1n) is 17.5. The van der Waals surface area contributed by atoms with Crippen molar-refractivity contribution in [3.63, 3.8) is 0 Å². The molecule has 1 aliphatic carbocycles. The molecule has 2 fully saturated rings. The van der Waals surface area contributed by atoms with E-state index in [0.29, 0.717) is 11.5 Å². The lowest BCUT2D eigenvalue weighted by Gasteiger charge is -2.60. The predicted molar refractivity (Wildman–Crippen MR) is 187 cm³/mol. The Kier molecular flexibility index (Phi) is 12.8. The quantitative estimate of drug-likeness (QED) is 0.118. The molecule has 7 atom stereocenters. The summed E-state index contributed by atoms with van der Waals surface area (Å²) in [5.74, 6) is -1.46. The van der Waals surface area contributed by atoms with E-state index in [2.05, 4.69) is 41.5 Å². The number of benzene rings is 1. The van der Waals surface area contributed by atoms with Gasteiger partial charge in [0, 0.05) is 45.3 Å². The maximum atomic E-state index is 13.0. The first kappa shape index (κ1) is 40.1. The van der Waals surface area contributed by atoms with Crippen LogP contribution >= 0.6 is 0 Å². The third kappa shape index (κ3) is 7.87. The van der Waals surface area contributed by atoms with Gasteiger partial charge in [0.15, 0.2) is 25.8 Å². The maximum absolute atomic E-state index is 13.0. The Hall–Kier alpha value is -2.68. The largest absolute Gasteiger partial charge is 0.497 e. The lowest BCUT2D eigenvalue weighted by Crippen LogP contribution is -2.75. The normalized spacial score (nSPS) is 30.6. The highest BCUT2D eigenvalue weighted by atomic mass is 28.4. The fourth-order valence-electron chi connectivity index (χ4n) is 8.70. The van der Waals surface area contributed by atoms with Crippen molar-refractivity contribution < 1.29 is 56.6 Å². The Balaban J connectivity index is 2.03. The van der Waals surface area contributed by atoms with Crippen LogP contribution in [0.1, 0.15) is 75.7 Å². The molecule has 3 aliphatic rings. The van der Waals surface area contributed by atoms with Crippen molar-refractivity contribution >= 4 is 20.3 Å². The molecule has 1 saturated carbocycles. The highest BCUT2D eigenvalue weighted by Gasteiger charge is 2.73. The molecule has 2 heterocycles. The Morgan fingerprint density at radius 2 is 1.48 bits per heavy atom. The molecule has 0 N–H and O–H groups in total. The summed E-state index contributed by atoms with van der Waals surface area (Å²) in [6.45, 7) is 19.8. The SMILES string of the molecule is COCO[C@@H]1[C@H](OC(C)=O)[C@]2(COC(C)(C)O2)[C@H](Oc2ccc(OC)cc2)[C@H](CO[Si](C(C)C)(C(C)C)C(C)C)[C@@]12C=CO[C@@H](OC(C)=O)C2. The van der Waals surface area contributed by atoms with Crippen LogP contribution < -0.4 is 9.47 Å². The van der Waals surface area contributed by atoms with Crippen LogP contribution in [0.5, 0.6) is 11.5 Å². The van der Waals surface area contributed by atoms with Crippen LogP contribution in [-0.2, 0) is 47.2 Å². The number of rotatable bonds is 14. The molecule has 0 radical (unpaired) electrons. The van der Waals surface area contributed by atoms with Crippen LogP contribution in [0, 0.1) is 11.3 Å². The van der Waals surface area contributed by atoms with Gasteiger partial charge in [0.1, 0.15) is 30.5 Å². The second kappa shape index (κ2) is 15.9. The van der Waals surface area contributed by atoms with Crippen LogP contribution in [0.25, 0.3) is 0 Å². The topological polar surface area (TPSA) is 126 Å². The standard InChI is InChI=1S/C37H58O12Si/c1-23(2)50(24(3)4,25(5)6)45-20-30-32(48-29-15-13-28(41-12)14-16-29)37(21-44-35(9,10)49-37)34(47-27(8)39)33(43-22-40-11)36(30)17-18-42-31(19-36)46-26(7)38/h13-18,23-25,30-34H,19-22H2,1-12H3/t30-,31-,32+,33+,34-,36-,37-/m0/s1. The summed E-state index contributed by atoms with van der Waals surface area (Å²) < 4.78 is 62.9. The van der Waals surface area contributed by atoms with Gasteiger partial charge in [0.2, 0.25) is 6.29 Å². The molecule has 1 aromatic rings. The lowest BCUT2D eigenvalue weighted by atomic mass is 9.55. The zero-order chi connectivity index (χ0) is 37.1. The zero-order valence-electron chi connectivity index (χ0n) is 31.8. The molecule has 0 bridgehead atoms. The molecule has 50 heavy (non-hydrogen) atoms. The number of hydrogen-bond acceptors (Lipinski definition) is 12. The molecule has 282 valence electrons. The number of methoxy groups -OCH3 is 2. The van der Waals surface area contributed by atoms with E-state index in [1.807, 2.05) is 44.2 Å². The third-order valence-corrected chi connectivity index (χ3v) is 16.6. The van der Waals surface area contributed by atoms with Crippen LogP contribution in [0.2, 0.25) is 16.6 Å². The van der Waals surface area contributed by atoms with Gasteiger partial charge in [-0.05, 0) is 60.8 Å². The van der Waals surface area contributed by atoms with Gasteiger partial charge in [-0.15, -0.1) is 0 Å². The van der Waals surface area contributed by atoms with E-state index in [1.54, 1.807) is 7.11 Å². The Morgan fingerprint density at radius 1 is 0.880 bits per heavy atom. The highest BCUT2D eigenvalue weighted by Crippen LogP contribution is 2.58. The molecule has 12 nitrogen and oxygen atoms in total. The number of esters is 2. The fraction of sp³-hybridized carbons (Fsp3) is 0.730. The van der Waals surface area contributed by atoms with Crippen molar-refractivity contribution in [1.29, 1.82) is 0 Å². The van der Waals surface area contributed by atoms with Crippen molar-refractivity contribution in [2.45, 2.75) is 128 Å². The minimum Gasteiger partial charge on any atom is -0.497 e. The maximum Gasteiger partial charge on any atom is 0.305 e. The number of hydrogen-bond donors (Lipinski definition) is 0. The number of carbonyl (C=O) groups excluding carboxylic acids is 2. The van der Waals surface area contributed by atoms with Crippen molar-refractivity contribution in [3.8, 4) is 11.5 Å². The highest BCUT2D eigenvalue weighted by molar-refractivity contribution is 6.77. The Labute approximate surface area is 298 Å². The third-order valence-electron chi connectivity index (χ3n) is 10.5. The summed E-state index contributed by atoms with van der Waals surface area (Å²) in [6, 6.07) is 7.28. The van der Waals surface area contributed by atoms with E-state index in [9.17, 15) is 9.59 Å². The van der Waals surface area contributed by atoms with Crippen LogP contribution in [0.4, 0.5) is 0 Å². The lowest BCUT2D eigenvalue weighted by molar-refractivity contribution is -0.305. The molecule has 4 rings (SSSR count). The van der Waals surface area contributed by atoms with Crippen molar-refractivity contribution in [3.05, 3.63) is 36.6 Å². The first-order chi connectivity index (χ1) is 23.5. The molecule has 0 aromatic heterocycles. The summed E-state index contributed by atoms with van der Waals surface area (Å²) in [5.41, 5.74) is -1.57. The summed E-state index contributed by atoms with van der Waals surface area (Å²) in [6.07, 6.45) is -0.219. The van der Waals surface area contributed by atoms with Gasteiger partial charge in [-0.1, -0.05) is 41.5 Å². The molecule has 1 aromatic carbocycles. The summed E-state index contributed by atoms with van der Waals surface area (Å²) in [7, 11) is 0.650. The van der Waals surface area contributed by atoms with E-state index in [-0.39, 0.29) is 43.1 Å². The summed E-state index contributed by atoms with van der Waals surface area (Å²) in [4.78, 5) is 25.3. The molecule has 0 amide bonds. The van der Waals surface area contributed by atoms with Gasteiger partial charge in [0.05, 0.1) is 20.0 Å². The summed E-state index contributed by atoms with van der Waals surface area (Å²) >= 11 is 0. The van der Waals surface area contributed by atoms with Gasteiger partial charge in [-0.2, -0.15) is 0 Å². The molecule has 2 aliphatic heterocycles. The van der Waals surface area contributed by atoms with E-state index in [1.165, 1.54) is 27.2 Å². The second-order valence-corrected chi connectivity index (χ2v) is 20.5. The molecular formula is C37H58O12Si. The zero-order valence-corrected chi connectivity index (χ0v) is 32.8. The van der Waals surface area contributed by atoms with Crippen LogP contribution in [-0.4, -0.2) is 90.5 Å². The van der Waals surface area contributed by atoms with Gasteiger partial charge in [0.25, 0.3) is 0 Å². The van der Waals surface area contributed by atoms with Crippen LogP contribution in [0.15, 0.2) is 36.6 Å². The van der Waals surface area contributed by atoms with Crippen LogP contribution in [0.3, 0.4) is 0 Å². The van der Waals surface area contributed by atoms with Gasteiger partial charge in [-0.25, -0.2) is 0 Å². The smallest absolute Gasteiger partial charge is 0.305 e. The number of carbonyl (C=O) groups is 2. The van der Waals surface area contributed by atoms with Gasteiger partial charge < -0.3 is 47.1 Å². The fourth-order valence-corrected chi connectivity index (χ4v) is 14.2. The summed E-state index contributed by atoms with van der Waals surface area (Å²) in [5, 5.41) is 0. The first-order valence-corrected chi connectivity index (χ1v) is 19.7. The van der Waals surface area contributed by atoms with E-state index in [4.69, 9.17) is 47.1 Å². The van der Waals surface area contributed by atoms with E-state index in [0.717, 1.165) is 0 Å². The molecule has 1 saturated heterocycles. The van der Waals surface area contributed by atoms with Crippen molar-refractivity contribution in [2.75, 3.05) is 34.2 Å². The molecule has 0 unspecified atom stereocenters. The van der Waals surface area contributed by atoms with Crippen molar-refractivity contribution in [2.24, 2.45) is 11.3 Å². The van der Waals surface area contributed by atoms with Gasteiger partial charge >= 0.3 is 11.9 Å². The molecular weight excluding hydrogens is 664 g/mol. The van der Waals surface area contributed by atoms with Gasteiger partial charge in [-0.3, -0.25) is 9.59 Å². The minimum absolute atomic E-state index is 0.0207. The average Bonchev–Trinajstić information content (AvgIpc) is 3.36. The van der Waals surface area contributed by atoms with E-state index >= 15 is 0 Å². The minimum atomic E-state index is -2.47. The van der Waals surface area contributed by atoms with E-state index < -0.39 is 67.6 Å². The van der Waals surface area contributed by atoms with Crippen molar-refractivity contribution in [1.82, 2.24) is 0 Å².